The highest BCUT2D eigenvalue weighted by atomic mass is 16.3. The van der Waals surface area contributed by atoms with E-state index >= 15 is 0 Å². The summed E-state index contributed by atoms with van der Waals surface area (Å²) in [6.45, 7) is -0.180. The van der Waals surface area contributed by atoms with Crippen LogP contribution in [0.2, 0.25) is 0 Å². The van der Waals surface area contributed by atoms with Crippen molar-refractivity contribution in [2.24, 2.45) is 0 Å². The van der Waals surface area contributed by atoms with Crippen molar-refractivity contribution in [1.82, 2.24) is 5.32 Å². The van der Waals surface area contributed by atoms with E-state index in [0.29, 0.717) is 16.9 Å². The number of rotatable bonds is 6. The molecule has 0 aliphatic rings. The van der Waals surface area contributed by atoms with Crippen LogP contribution in [0.1, 0.15) is 20.9 Å². The number of nitrogens with one attached hydrogen (secondary N) is 3. The predicted octanol–water partition coefficient (Wildman–Crippen LogP) is 2.49. The first-order valence-electron chi connectivity index (χ1n) is 7.67. The van der Waals surface area contributed by atoms with E-state index in [0.717, 1.165) is 0 Å². The van der Waals surface area contributed by atoms with Crippen molar-refractivity contribution in [3.63, 3.8) is 0 Å². The van der Waals surface area contributed by atoms with Crippen LogP contribution in [0, 0.1) is 0 Å². The molecule has 2 heterocycles. The zero-order valence-corrected chi connectivity index (χ0v) is 13.5. The average Bonchev–Trinajstić information content (AvgIpc) is 3.35. The van der Waals surface area contributed by atoms with Crippen molar-refractivity contribution in [1.29, 1.82) is 0 Å². The molecule has 2 aromatic heterocycles. The molecule has 3 amide bonds. The van der Waals surface area contributed by atoms with Crippen LogP contribution in [0.15, 0.2) is 70.1 Å². The van der Waals surface area contributed by atoms with Crippen molar-refractivity contribution < 1.29 is 23.2 Å². The fraction of sp³-hybridized carbons (Fsp3) is 0.0556. The molecular formula is C18H15N3O5. The largest absolute Gasteiger partial charge is 0.472 e. The Kier molecular flexibility index (Phi) is 5.14. The minimum absolute atomic E-state index is 0.180. The highest BCUT2D eigenvalue weighted by molar-refractivity contribution is 6.02. The van der Waals surface area contributed by atoms with E-state index < -0.39 is 5.91 Å². The van der Waals surface area contributed by atoms with Gasteiger partial charge in [-0.1, -0.05) is 0 Å². The van der Waals surface area contributed by atoms with Gasteiger partial charge < -0.3 is 24.8 Å². The molecule has 0 fully saturated rings. The monoisotopic (exact) mass is 353 g/mol. The summed E-state index contributed by atoms with van der Waals surface area (Å²) in [5.41, 5.74) is 1.43. The SMILES string of the molecule is O=C(CNC(=O)c1ccoc1)Nc1ccc(NC(=O)c2ccco2)cc1. The zero-order chi connectivity index (χ0) is 18.4. The summed E-state index contributed by atoms with van der Waals surface area (Å²) in [5, 5.41) is 7.79. The molecule has 8 heteroatoms. The Morgan fingerprint density at radius 3 is 2.19 bits per heavy atom. The van der Waals surface area contributed by atoms with Crippen LogP contribution >= 0.6 is 0 Å². The van der Waals surface area contributed by atoms with Crippen molar-refractivity contribution in [2.75, 3.05) is 17.2 Å². The van der Waals surface area contributed by atoms with E-state index in [1.165, 1.54) is 24.9 Å². The number of furan rings is 2. The standard InChI is InChI=1S/C18H15N3O5/c22-16(10-19-17(23)12-7-9-25-11-12)20-13-3-5-14(6-4-13)21-18(24)15-2-1-8-26-15/h1-9,11H,10H2,(H,19,23)(H,20,22)(H,21,24). The number of amides is 3. The van der Waals surface area contributed by atoms with Crippen LogP contribution in [0.4, 0.5) is 11.4 Å². The second-order valence-corrected chi connectivity index (χ2v) is 5.25. The molecule has 0 saturated heterocycles. The first-order valence-corrected chi connectivity index (χ1v) is 7.67. The average molecular weight is 353 g/mol. The summed E-state index contributed by atoms with van der Waals surface area (Å²) in [7, 11) is 0. The molecule has 0 bridgehead atoms. The van der Waals surface area contributed by atoms with Gasteiger partial charge in [0.2, 0.25) is 5.91 Å². The number of hydrogen-bond donors (Lipinski definition) is 3. The molecule has 0 saturated carbocycles. The van der Waals surface area contributed by atoms with Gasteiger partial charge in [-0.2, -0.15) is 0 Å². The highest BCUT2D eigenvalue weighted by Crippen LogP contribution is 2.14. The topological polar surface area (TPSA) is 114 Å². The van der Waals surface area contributed by atoms with Gasteiger partial charge in [0.15, 0.2) is 5.76 Å². The molecule has 1 aromatic carbocycles. The minimum Gasteiger partial charge on any atom is -0.472 e. The lowest BCUT2D eigenvalue weighted by atomic mass is 10.2. The lowest BCUT2D eigenvalue weighted by molar-refractivity contribution is -0.115. The van der Waals surface area contributed by atoms with Crippen LogP contribution in [0.3, 0.4) is 0 Å². The molecule has 3 aromatic rings. The van der Waals surface area contributed by atoms with E-state index in [-0.39, 0.29) is 24.1 Å². The van der Waals surface area contributed by atoms with Crippen molar-refractivity contribution in [3.05, 3.63) is 72.6 Å². The number of hydrogen-bond acceptors (Lipinski definition) is 5. The van der Waals surface area contributed by atoms with Gasteiger partial charge in [0.1, 0.15) is 6.26 Å². The summed E-state index contributed by atoms with van der Waals surface area (Å²) in [5.74, 6) is -0.941. The Balaban J connectivity index is 1.48. The first kappa shape index (κ1) is 17.0. The second-order valence-electron chi connectivity index (χ2n) is 5.25. The van der Waals surface area contributed by atoms with Crippen LogP contribution in [-0.2, 0) is 4.79 Å². The molecule has 0 unspecified atom stereocenters. The van der Waals surface area contributed by atoms with Gasteiger partial charge in [0, 0.05) is 11.4 Å². The van der Waals surface area contributed by atoms with E-state index in [2.05, 4.69) is 16.0 Å². The second kappa shape index (κ2) is 7.84. The van der Waals surface area contributed by atoms with Gasteiger partial charge in [-0.05, 0) is 42.5 Å². The maximum atomic E-state index is 11.9. The molecule has 0 radical (unpaired) electrons. The predicted molar refractivity (Wildman–Crippen MR) is 92.8 cm³/mol. The summed E-state index contributed by atoms with van der Waals surface area (Å²) < 4.78 is 9.81. The molecule has 0 aliphatic heterocycles. The van der Waals surface area contributed by atoms with E-state index in [4.69, 9.17) is 8.83 Å². The molecular weight excluding hydrogens is 338 g/mol. The highest BCUT2D eigenvalue weighted by Gasteiger charge is 2.10. The lowest BCUT2D eigenvalue weighted by Gasteiger charge is -2.08. The summed E-state index contributed by atoms with van der Waals surface area (Å²) in [6.07, 6.45) is 4.09. The maximum Gasteiger partial charge on any atom is 0.291 e. The van der Waals surface area contributed by atoms with E-state index in [1.54, 1.807) is 36.4 Å². The number of anilines is 2. The molecule has 3 N–H and O–H groups in total. The van der Waals surface area contributed by atoms with E-state index in [1.807, 2.05) is 0 Å². The van der Waals surface area contributed by atoms with Crippen LogP contribution in [0.25, 0.3) is 0 Å². The summed E-state index contributed by atoms with van der Waals surface area (Å²) in [6, 6.07) is 11.2. The molecule has 132 valence electrons. The Bertz CT molecular complexity index is 884. The molecule has 0 aliphatic carbocycles. The van der Waals surface area contributed by atoms with Gasteiger partial charge in [-0.3, -0.25) is 14.4 Å². The first-order chi connectivity index (χ1) is 12.6. The Morgan fingerprint density at radius 2 is 1.58 bits per heavy atom. The van der Waals surface area contributed by atoms with Gasteiger partial charge in [0.05, 0.1) is 24.6 Å². The van der Waals surface area contributed by atoms with Gasteiger partial charge in [-0.25, -0.2) is 0 Å². The van der Waals surface area contributed by atoms with Crippen LogP contribution in [0.5, 0.6) is 0 Å². The fourth-order valence-corrected chi connectivity index (χ4v) is 2.10. The molecule has 0 spiro atoms. The Morgan fingerprint density at radius 1 is 0.846 bits per heavy atom. The maximum absolute atomic E-state index is 11.9. The lowest BCUT2D eigenvalue weighted by Crippen LogP contribution is -2.32. The third kappa shape index (κ3) is 4.38. The van der Waals surface area contributed by atoms with Crippen molar-refractivity contribution >= 4 is 29.1 Å². The zero-order valence-electron chi connectivity index (χ0n) is 13.5. The quantitative estimate of drug-likeness (QED) is 0.630. The Labute approximate surface area is 148 Å². The van der Waals surface area contributed by atoms with Crippen molar-refractivity contribution in [2.45, 2.75) is 0 Å². The van der Waals surface area contributed by atoms with Crippen LogP contribution in [-0.4, -0.2) is 24.3 Å². The molecule has 26 heavy (non-hydrogen) atoms. The fourth-order valence-electron chi connectivity index (χ4n) is 2.10. The van der Waals surface area contributed by atoms with Crippen LogP contribution < -0.4 is 16.0 Å². The normalized spacial score (nSPS) is 10.2. The minimum atomic E-state index is -0.398. The van der Waals surface area contributed by atoms with E-state index in [9.17, 15) is 14.4 Å². The number of benzene rings is 1. The number of carbonyl (C=O) groups is 3. The van der Waals surface area contributed by atoms with Gasteiger partial charge in [0.25, 0.3) is 11.8 Å². The number of carbonyl (C=O) groups excluding carboxylic acids is 3. The Hall–Kier alpha value is -3.81. The molecule has 0 atom stereocenters. The molecule has 3 rings (SSSR count). The molecule has 8 nitrogen and oxygen atoms in total. The van der Waals surface area contributed by atoms with Gasteiger partial charge >= 0.3 is 0 Å². The third-order valence-corrected chi connectivity index (χ3v) is 3.36. The summed E-state index contributed by atoms with van der Waals surface area (Å²) in [4.78, 5) is 35.4. The third-order valence-electron chi connectivity index (χ3n) is 3.36. The smallest absolute Gasteiger partial charge is 0.291 e. The summed E-state index contributed by atoms with van der Waals surface area (Å²) >= 11 is 0. The van der Waals surface area contributed by atoms with Gasteiger partial charge in [-0.15, -0.1) is 0 Å². The van der Waals surface area contributed by atoms with Crippen molar-refractivity contribution in [3.8, 4) is 0 Å².